The molecule has 1 nitrogen and oxygen atoms in total. The first-order chi connectivity index (χ1) is 5.41. The van der Waals surface area contributed by atoms with E-state index in [0.717, 1.165) is 13.1 Å². The fourth-order valence-corrected chi connectivity index (χ4v) is 1.06. The van der Waals surface area contributed by atoms with Gasteiger partial charge in [-0.1, -0.05) is 52.4 Å². The summed E-state index contributed by atoms with van der Waals surface area (Å²) < 4.78 is 0. The maximum Gasteiger partial charge on any atom is 0 e. The molecule has 72 valence electrons. The van der Waals surface area contributed by atoms with Gasteiger partial charge in [0, 0.05) is 21.7 Å². The molecule has 0 saturated heterocycles. The van der Waals surface area contributed by atoms with Crippen molar-refractivity contribution in [2.45, 2.75) is 52.4 Å². The average Bonchev–Trinajstić information content (AvgIpc) is 2.03. The summed E-state index contributed by atoms with van der Waals surface area (Å²) in [5.74, 6) is 0. The molecule has 0 aromatic rings. The van der Waals surface area contributed by atoms with E-state index in [-0.39, 0.29) is 21.7 Å². The van der Waals surface area contributed by atoms with Crippen LogP contribution in [0.4, 0.5) is 0 Å². The number of nitrogens with zero attached hydrogens (tertiary/aromatic N) is 1. The zero-order chi connectivity index (χ0) is 8.36. The Morgan fingerprint density at radius 3 is 1.50 bits per heavy atom. The van der Waals surface area contributed by atoms with Gasteiger partial charge in [-0.05, 0) is 0 Å². The topological polar surface area (TPSA) is 14.1 Å². The molecule has 0 aliphatic heterocycles. The summed E-state index contributed by atoms with van der Waals surface area (Å²) in [6.45, 7) is 6.66. The molecule has 0 amide bonds. The molecule has 0 unspecified atom stereocenters. The maximum absolute atomic E-state index is 4.45. The van der Waals surface area contributed by atoms with Gasteiger partial charge < -0.3 is 5.32 Å². The summed E-state index contributed by atoms with van der Waals surface area (Å²) in [4.78, 5) is 0. The molecule has 2 heteroatoms. The summed E-state index contributed by atoms with van der Waals surface area (Å²) in [7, 11) is 0. The summed E-state index contributed by atoms with van der Waals surface area (Å²) >= 11 is 0. The van der Waals surface area contributed by atoms with Crippen molar-refractivity contribution in [1.82, 2.24) is 0 Å². The molecule has 0 fully saturated rings. The van der Waals surface area contributed by atoms with Crippen LogP contribution in [0.5, 0.6) is 0 Å². The van der Waals surface area contributed by atoms with E-state index in [9.17, 15) is 0 Å². The van der Waals surface area contributed by atoms with Crippen molar-refractivity contribution in [3.05, 3.63) is 5.32 Å². The van der Waals surface area contributed by atoms with Crippen molar-refractivity contribution < 1.29 is 21.7 Å². The van der Waals surface area contributed by atoms with Crippen LogP contribution in [-0.4, -0.2) is 13.1 Å². The maximum atomic E-state index is 4.45. The van der Waals surface area contributed by atoms with Crippen molar-refractivity contribution in [1.29, 1.82) is 0 Å². The predicted molar refractivity (Wildman–Crippen MR) is 52.1 cm³/mol. The van der Waals surface area contributed by atoms with Gasteiger partial charge in [-0.3, -0.25) is 0 Å². The van der Waals surface area contributed by atoms with Crippen LogP contribution in [0.1, 0.15) is 52.4 Å². The first-order valence-electron chi connectivity index (χ1n) is 5.05. The molecule has 0 aromatic heterocycles. The molecule has 0 radical (unpaired) electrons. The molecule has 0 saturated carbocycles. The Balaban J connectivity index is 0. The third-order valence-electron chi connectivity index (χ3n) is 1.84. The Hall–Kier alpha value is 0.674. The van der Waals surface area contributed by atoms with Crippen LogP contribution < -0.4 is 0 Å². The van der Waals surface area contributed by atoms with Crippen LogP contribution in [-0.2, 0) is 21.7 Å². The fraction of sp³-hybridized carbons (Fsp3) is 1.00. The number of hydrogen-bond acceptors (Lipinski definition) is 0. The first kappa shape index (κ1) is 15.2. The Morgan fingerprint density at radius 2 is 1.17 bits per heavy atom. The molecular weight excluding hydrogens is 182 g/mol. The van der Waals surface area contributed by atoms with Crippen LogP contribution in [0.2, 0.25) is 0 Å². The van der Waals surface area contributed by atoms with Crippen molar-refractivity contribution >= 4 is 0 Å². The van der Waals surface area contributed by atoms with Gasteiger partial charge in [-0.15, -0.1) is 13.1 Å². The molecule has 0 heterocycles. The normalized spacial score (nSPS) is 9.50. The third-order valence-corrected chi connectivity index (χ3v) is 1.84. The Bertz CT molecular complexity index is 58.9. The molecule has 0 aromatic carbocycles. The van der Waals surface area contributed by atoms with Crippen LogP contribution in [0.3, 0.4) is 0 Å². The van der Waals surface area contributed by atoms with E-state index in [0.29, 0.717) is 0 Å². The average molecular weight is 204 g/mol. The fourth-order valence-electron chi connectivity index (χ4n) is 1.06. The number of unbranched alkanes of at least 4 members (excludes halogenated alkanes) is 4. The molecule has 0 N–H and O–H groups in total. The second-order valence-electron chi connectivity index (χ2n) is 3.09. The monoisotopic (exact) mass is 204 g/mol. The van der Waals surface area contributed by atoms with Crippen LogP contribution in [0, 0.1) is 0 Å². The van der Waals surface area contributed by atoms with E-state index in [2.05, 4.69) is 19.2 Å². The van der Waals surface area contributed by atoms with Crippen molar-refractivity contribution in [3.63, 3.8) is 0 Å². The quantitative estimate of drug-likeness (QED) is 0.422. The number of rotatable bonds is 8. The van der Waals surface area contributed by atoms with Crippen molar-refractivity contribution in [3.8, 4) is 0 Å². The van der Waals surface area contributed by atoms with E-state index in [1.807, 2.05) is 0 Å². The van der Waals surface area contributed by atoms with Gasteiger partial charge >= 0.3 is 0 Å². The molecular formula is C10H22NTi-. The zero-order valence-electron chi connectivity index (χ0n) is 8.60. The summed E-state index contributed by atoms with van der Waals surface area (Å²) in [5.41, 5.74) is 0. The largest absolute Gasteiger partial charge is 0.662 e. The SMILES string of the molecule is CCCCC[N-]CCCCC.[Ti]. The summed E-state index contributed by atoms with van der Waals surface area (Å²) in [5, 5.41) is 4.45. The molecule has 12 heavy (non-hydrogen) atoms. The van der Waals surface area contributed by atoms with Gasteiger partial charge in [-0.25, -0.2) is 0 Å². The number of hydrogen-bond donors (Lipinski definition) is 0. The van der Waals surface area contributed by atoms with Crippen LogP contribution in [0.25, 0.3) is 5.32 Å². The molecule has 0 bridgehead atoms. The minimum absolute atomic E-state index is 0. The van der Waals surface area contributed by atoms with Gasteiger partial charge in [0.1, 0.15) is 0 Å². The van der Waals surface area contributed by atoms with E-state index in [1.54, 1.807) is 0 Å². The summed E-state index contributed by atoms with van der Waals surface area (Å²) in [6, 6.07) is 0. The van der Waals surface area contributed by atoms with E-state index < -0.39 is 0 Å². The molecule has 0 atom stereocenters. The smallest absolute Gasteiger partial charge is 0 e. The van der Waals surface area contributed by atoms with E-state index in [4.69, 9.17) is 0 Å². The predicted octanol–water partition coefficient (Wildman–Crippen LogP) is 3.74. The van der Waals surface area contributed by atoms with Gasteiger partial charge in [0.15, 0.2) is 0 Å². The second kappa shape index (κ2) is 14.2. The Kier molecular flexibility index (Phi) is 18.0. The van der Waals surface area contributed by atoms with Gasteiger partial charge in [-0.2, -0.15) is 0 Å². The van der Waals surface area contributed by atoms with Crippen LogP contribution >= 0.6 is 0 Å². The first-order valence-corrected chi connectivity index (χ1v) is 5.05. The third kappa shape index (κ3) is 13.3. The zero-order valence-corrected chi connectivity index (χ0v) is 10.2. The Labute approximate surface area is 92.6 Å². The molecule has 0 spiro atoms. The van der Waals surface area contributed by atoms with Gasteiger partial charge in [0.05, 0.1) is 0 Å². The summed E-state index contributed by atoms with van der Waals surface area (Å²) in [6.07, 6.45) is 7.90. The molecule has 0 aliphatic carbocycles. The van der Waals surface area contributed by atoms with Crippen LogP contribution in [0.15, 0.2) is 0 Å². The van der Waals surface area contributed by atoms with Crippen molar-refractivity contribution in [2.24, 2.45) is 0 Å². The van der Waals surface area contributed by atoms with Gasteiger partial charge in [0.25, 0.3) is 0 Å². The minimum Gasteiger partial charge on any atom is -0.662 e. The minimum atomic E-state index is 0. The Morgan fingerprint density at radius 1 is 0.750 bits per heavy atom. The van der Waals surface area contributed by atoms with E-state index >= 15 is 0 Å². The van der Waals surface area contributed by atoms with Gasteiger partial charge in [0.2, 0.25) is 0 Å². The second-order valence-corrected chi connectivity index (χ2v) is 3.09. The molecule has 0 aliphatic rings. The standard InChI is InChI=1S/C10H22N.Ti/c1-3-5-7-9-11-10-8-6-4-2;/h3-10H2,1-2H3;/q-1;. The molecule has 0 rings (SSSR count). The van der Waals surface area contributed by atoms with E-state index in [1.165, 1.54) is 38.5 Å². The van der Waals surface area contributed by atoms with Crippen molar-refractivity contribution in [2.75, 3.05) is 13.1 Å².